The Morgan fingerprint density at radius 3 is 0.654 bits per heavy atom. The Bertz CT molecular complexity index is 609. The summed E-state index contributed by atoms with van der Waals surface area (Å²) in [5.74, 6) is 11.8. The molecule has 0 atom stereocenters. The standard InChI is InChI=1S/C16H34.2C12H26.C11H25N/c1-12(2)9-16(15(7)8,10-13(3)4)11-14(5)6;3*1-9(2)7-12(11(5)6)8-10(3)4/h12-15H,9-11H2,1-8H3;2*9-12H,7-8H2,1-6H3;9-11H,7-8H2,1-6H3. The highest BCUT2D eigenvalue weighted by atomic mass is 15.1. The highest BCUT2D eigenvalue weighted by Gasteiger charge is 2.35. The zero-order valence-corrected chi connectivity index (χ0v) is 42.0. The predicted molar refractivity (Wildman–Crippen MR) is 246 cm³/mol. The van der Waals surface area contributed by atoms with Gasteiger partial charge >= 0.3 is 0 Å². The van der Waals surface area contributed by atoms with Crippen molar-refractivity contribution in [1.29, 1.82) is 0 Å². The Morgan fingerprint density at radius 1 is 0.308 bits per heavy atom. The number of hydrogen-bond donors (Lipinski definition) is 0. The molecule has 0 aliphatic heterocycles. The smallest absolute Gasteiger partial charge is 0.00388 e. The summed E-state index contributed by atoms with van der Waals surface area (Å²) >= 11 is 0. The van der Waals surface area contributed by atoms with Crippen LogP contribution in [0.2, 0.25) is 0 Å². The summed E-state index contributed by atoms with van der Waals surface area (Å²) in [5.41, 5.74) is 0.566. The molecule has 0 unspecified atom stereocenters. The Kier molecular flexibility index (Phi) is 36.2. The van der Waals surface area contributed by atoms with Gasteiger partial charge in [0.05, 0.1) is 0 Å². The van der Waals surface area contributed by atoms with E-state index in [2.05, 4.69) is 185 Å². The summed E-state index contributed by atoms with van der Waals surface area (Å²) in [5, 5.41) is 0. The molecule has 0 heterocycles. The molecular weight excluding hydrogens is 627 g/mol. The zero-order chi connectivity index (χ0) is 42.1. The third-order valence-corrected chi connectivity index (χ3v) is 10.6. The minimum absolute atomic E-state index is 0.566. The van der Waals surface area contributed by atoms with Gasteiger partial charge in [-0.25, -0.2) is 0 Å². The summed E-state index contributed by atoms with van der Waals surface area (Å²) in [6.07, 6.45) is 9.76. The van der Waals surface area contributed by atoms with E-state index in [1.165, 1.54) is 58.0 Å². The van der Waals surface area contributed by atoms with E-state index in [0.717, 1.165) is 82.9 Å². The minimum Gasteiger partial charge on any atom is -0.300 e. The summed E-state index contributed by atoms with van der Waals surface area (Å²) in [7, 11) is 0. The molecule has 0 spiro atoms. The molecule has 0 aliphatic carbocycles. The lowest BCUT2D eigenvalue weighted by molar-refractivity contribution is 0.0821. The normalized spacial score (nSPS) is 12.8. The number of hydrogen-bond acceptors (Lipinski definition) is 1. The lowest BCUT2D eigenvalue weighted by Gasteiger charge is -2.42. The largest absolute Gasteiger partial charge is 0.300 e. The van der Waals surface area contributed by atoms with Crippen molar-refractivity contribution in [3.63, 3.8) is 0 Å². The molecule has 0 bridgehead atoms. The number of nitrogens with zero attached hydrogens (tertiary/aromatic N) is 1. The maximum Gasteiger partial charge on any atom is 0.00388 e. The van der Waals surface area contributed by atoms with Gasteiger partial charge in [-0.15, -0.1) is 0 Å². The second-order valence-corrected chi connectivity index (χ2v) is 22.7. The van der Waals surface area contributed by atoms with Crippen molar-refractivity contribution in [2.24, 2.45) is 88.3 Å². The molecule has 0 aromatic heterocycles. The van der Waals surface area contributed by atoms with Crippen LogP contribution in [0, 0.1) is 88.3 Å². The van der Waals surface area contributed by atoms with Gasteiger partial charge in [0.2, 0.25) is 0 Å². The van der Waals surface area contributed by atoms with Crippen LogP contribution in [0.4, 0.5) is 0 Å². The van der Waals surface area contributed by atoms with E-state index in [1.54, 1.807) is 0 Å². The molecule has 0 aromatic carbocycles. The highest BCUT2D eigenvalue weighted by molar-refractivity contribution is 4.85. The van der Waals surface area contributed by atoms with Crippen molar-refractivity contribution in [2.75, 3.05) is 13.1 Å². The van der Waals surface area contributed by atoms with Gasteiger partial charge in [0.15, 0.2) is 0 Å². The van der Waals surface area contributed by atoms with Crippen LogP contribution < -0.4 is 0 Å². The highest BCUT2D eigenvalue weighted by Crippen LogP contribution is 2.45. The molecule has 1 heteroatoms. The first kappa shape index (κ1) is 58.7. The fourth-order valence-corrected chi connectivity index (χ4v) is 8.53. The van der Waals surface area contributed by atoms with E-state index in [-0.39, 0.29) is 0 Å². The van der Waals surface area contributed by atoms with Crippen LogP contribution >= 0.6 is 0 Å². The van der Waals surface area contributed by atoms with E-state index in [1.807, 2.05) is 0 Å². The Balaban J connectivity index is -0.000000298. The van der Waals surface area contributed by atoms with E-state index in [4.69, 9.17) is 0 Å². The van der Waals surface area contributed by atoms with Gasteiger partial charge in [-0.05, 0) is 147 Å². The van der Waals surface area contributed by atoms with E-state index < -0.39 is 0 Å². The second kappa shape index (κ2) is 32.1. The maximum absolute atomic E-state index is 2.56. The average Bonchev–Trinajstić information content (AvgIpc) is 2.90. The molecule has 320 valence electrons. The van der Waals surface area contributed by atoms with Crippen molar-refractivity contribution in [2.45, 2.75) is 231 Å². The quantitative estimate of drug-likeness (QED) is 0.107. The number of rotatable bonds is 22. The summed E-state index contributed by atoms with van der Waals surface area (Å²) in [6, 6.07) is 0.690. The van der Waals surface area contributed by atoms with Crippen LogP contribution in [0.3, 0.4) is 0 Å². The first-order valence-electron chi connectivity index (χ1n) is 23.2. The first-order valence-corrected chi connectivity index (χ1v) is 23.2. The van der Waals surface area contributed by atoms with Crippen molar-refractivity contribution < 1.29 is 0 Å². The zero-order valence-electron chi connectivity index (χ0n) is 42.0. The molecule has 0 rings (SSSR count). The molecule has 0 fully saturated rings. The average molecular weight is 738 g/mol. The minimum atomic E-state index is 0.566. The van der Waals surface area contributed by atoms with Crippen LogP contribution in [0.15, 0.2) is 0 Å². The maximum atomic E-state index is 2.56. The van der Waals surface area contributed by atoms with Gasteiger partial charge in [-0.3, -0.25) is 0 Å². The van der Waals surface area contributed by atoms with Crippen LogP contribution in [0.25, 0.3) is 0 Å². The fourth-order valence-electron chi connectivity index (χ4n) is 8.53. The molecule has 0 saturated carbocycles. The molecule has 0 radical (unpaired) electrons. The predicted octanol–water partition coefficient (Wildman–Crippen LogP) is 17.5. The molecule has 0 N–H and O–H groups in total. The van der Waals surface area contributed by atoms with E-state index in [9.17, 15) is 0 Å². The van der Waals surface area contributed by atoms with Gasteiger partial charge in [0.1, 0.15) is 0 Å². The summed E-state index contributed by atoms with van der Waals surface area (Å²) in [4.78, 5) is 2.56. The van der Waals surface area contributed by atoms with Crippen molar-refractivity contribution in [3.05, 3.63) is 0 Å². The van der Waals surface area contributed by atoms with Crippen LogP contribution in [-0.4, -0.2) is 24.0 Å². The molecule has 1 nitrogen and oxygen atoms in total. The Morgan fingerprint density at radius 2 is 0.538 bits per heavy atom. The van der Waals surface area contributed by atoms with Crippen molar-refractivity contribution in [3.8, 4) is 0 Å². The SMILES string of the molecule is CC(C)CC(CC(C)C)(CC(C)C)C(C)C.CC(C)CC(CC(C)C)C(C)C.CC(C)CC(CC(C)C)C(C)C.CC(C)CN(CC(C)C)C(C)C. The molecular formula is C51H111N. The molecule has 0 saturated heterocycles. The van der Waals surface area contributed by atoms with Gasteiger partial charge in [0.25, 0.3) is 0 Å². The molecule has 0 amide bonds. The Hall–Kier alpha value is -0.0400. The third kappa shape index (κ3) is 36.9. The van der Waals surface area contributed by atoms with E-state index >= 15 is 0 Å². The van der Waals surface area contributed by atoms with Crippen LogP contribution in [0.1, 0.15) is 225 Å². The summed E-state index contributed by atoms with van der Waals surface area (Å²) in [6.45, 7) is 63.3. The van der Waals surface area contributed by atoms with Gasteiger partial charge in [-0.2, -0.15) is 0 Å². The Labute approximate surface area is 336 Å². The van der Waals surface area contributed by atoms with Crippen molar-refractivity contribution in [1.82, 2.24) is 4.90 Å². The van der Waals surface area contributed by atoms with Gasteiger partial charge < -0.3 is 4.90 Å². The van der Waals surface area contributed by atoms with Crippen LogP contribution in [-0.2, 0) is 0 Å². The van der Waals surface area contributed by atoms with Gasteiger partial charge in [-0.1, -0.05) is 166 Å². The molecule has 52 heavy (non-hydrogen) atoms. The first-order chi connectivity index (χ1) is 23.5. The second-order valence-electron chi connectivity index (χ2n) is 22.7. The fraction of sp³-hybridized carbons (Fsp3) is 1.00. The molecule has 0 aliphatic rings. The third-order valence-electron chi connectivity index (χ3n) is 10.6. The van der Waals surface area contributed by atoms with E-state index in [0.29, 0.717) is 11.5 Å². The van der Waals surface area contributed by atoms with Crippen LogP contribution in [0.5, 0.6) is 0 Å². The lowest BCUT2D eigenvalue weighted by Crippen LogP contribution is -2.36. The topological polar surface area (TPSA) is 3.24 Å². The molecule has 0 aromatic rings. The van der Waals surface area contributed by atoms with Gasteiger partial charge in [0, 0.05) is 19.1 Å². The lowest BCUT2D eigenvalue weighted by atomic mass is 9.63. The summed E-state index contributed by atoms with van der Waals surface area (Å²) < 4.78 is 0. The van der Waals surface area contributed by atoms with Crippen molar-refractivity contribution >= 4 is 0 Å². The monoisotopic (exact) mass is 738 g/mol.